The smallest absolute Gasteiger partial charge is 0.405 e. The lowest BCUT2D eigenvalue weighted by Gasteiger charge is -2.19. The maximum absolute atomic E-state index is 11.5. The van der Waals surface area contributed by atoms with E-state index >= 15 is 0 Å². The molecular weight excluding hydrogens is 218 g/mol. The van der Waals surface area contributed by atoms with Gasteiger partial charge in [0.2, 0.25) is 0 Å². The molecule has 3 atom stereocenters. The van der Waals surface area contributed by atoms with Crippen molar-refractivity contribution in [2.75, 3.05) is 13.2 Å². The standard InChI is InChI=1S/C9H15NO6/c1-5-7(11)2-3-15-4-6(8(12)16-5)10-9(13)14/h5-7,10-11H,2-4H2,1H3,(H,13,14)/t5?,6-,7?/m0/s1. The van der Waals surface area contributed by atoms with Crippen molar-refractivity contribution in [2.45, 2.75) is 31.6 Å². The Balaban J connectivity index is 2.64. The van der Waals surface area contributed by atoms with Gasteiger partial charge in [-0.15, -0.1) is 0 Å². The Hall–Kier alpha value is -1.34. The molecule has 0 aliphatic carbocycles. The van der Waals surface area contributed by atoms with Gasteiger partial charge in [-0.1, -0.05) is 0 Å². The first-order valence-electron chi connectivity index (χ1n) is 4.96. The van der Waals surface area contributed by atoms with Crippen molar-refractivity contribution in [3.05, 3.63) is 0 Å². The van der Waals surface area contributed by atoms with Gasteiger partial charge >= 0.3 is 12.1 Å². The van der Waals surface area contributed by atoms with Crippen molar-refractivity contribution in [3.8, 4) is 0 Å². The molecule has 1 aliphatic rings. The minimum Gasteiger partial charge on any atom is -0.465 e. The van der Waals surface area contributed by atoms with Crippen molar-refractivity contribution in [3.63, 3.8) is 0 Å². The van der Waals surface area contributed by atoms with Crippen molar-refractivity contribution >= 4 is 12.1 Å². The van der Waals surface area contributed by atoms with Crippen LogP contribution in [0.4, 0.5) is 4.79 Å². The Labute approximate surface area is 92.3 Å². The van der Waals surface area contributed by atoms with Gasteiger partial charge in [-0.2, -0.15) is 0 Å². The predicted molar refractivity (Wildman–Crippen MR) is 51.9 cm³/mol. The van der Waals surface area contributed by atoms with Gasteiger partial charge in [0, 0.05) is 13.0 Å². The number of cyclic esters (lactones) is 1. The number of esters is 1. The molecule has 0 saturated carbocycles. The molecule has 1 saturated heterocycles. The lowest BCUT2D eigenvalue weighted by Crippen LogP contribution is -2.45. The van der Waals surface area contributed by atoms with Gasteiger partial charge in [-0.25, -0.2) is 9.59 Å². The highest BCUT2D eigenvalue weighted by Gasteiger charge is 2.28. The maximum Gasteiger partial charge on any atom is 0.405 e. The number of hydrogen-bond acceptors (Lipinski definition) is 5. The largest absolute Gasteiger partial charge is 0.465 e. The third kappa shape index (κ3) is 3.67. The van der Waals surface area contributed by atoms with Gasteiger partial charge in [0.05, 0.1) is 12.7 Å². The van der Waals surface area contributed by atoms with Crippen LogP contribution >= 0.6 is 0 Å². The van der Waals surface area contributed by atoms with Crippen LogP contribution in [0.5, 0.6) is 0 Å². The number of carbonyl (C=O) groups excluding carboxylic acids is 1. The number of nitrogens with one attached hydrogen (secondary N) is 1. The third-order valence-electron chi connectivity index (χ3n) is 2.27. The van der Waals surface area contributed by atoms with Crippen LogP contribution in [0.15, 0.2) is 0 Å². The second kappa shape index (κ2) is 5.66. The molecule has 1 heterocycles. The zero-order valence-corrected chi connectivity index (χ0v) is 8.88. The summed E-state index contributed by atoms with van der Waals surface area (Å²) in [7, 11) is 0. The van der Waals surface area contributed by atoms with Gasteiger partial charge in [-0.05, 0) is 6.92 Å². The van der Waals surface area contributed by atoms with E-state index in [0.29, 0.717) is 6.42 Å². The van der Waals surface area contributed by atoms with Gasteiger partial charge in [-0.3, -0.25) is 0 Å². The maximum atomic E-state index is 11.5. The molecule has 0 bridgehead atoms. The lowest BCUT2D eigenvalue weighted by molar-refractivity contribution is -0.155. The summed E-state index contributed by atoms with van der Waals surface area (Å²) < 4.78 is 9.97. The first-order valence-corrected chi connectivity index (χ1v) is 4.96. The summed E-state index contributed by atoms with van der Waals surface area (Å²) in [5.41, 5.74) is 0. The van der Waals surface area contributed by atoms with E-state index in [1.165, 1.54) is 0 Å². The normalized spacial score (nSPS) is 31.9. The molecule has 7 heteroatoms. The van der Waals surface area contributed by atoms with Crippen LogP contribution < -0.4 is 5.32 Å². The summed E-state index contributed by atoms with van der Waals surface area (Å²) >= 11 is 0. The van der Waals surface area contributed by atoms with E-state index in [0.717, 1.165) is 0 Å². The molecule has 92 valence electrons. The second-order valence-electron chi connectivity index (χ2n) is 3.58. The number of aliphatic hydroxyl groups is 1. The summed E-state index contributed by atoms with van der Waals surface area (Å²) in [6.07, 6.45) is -2.45. The molecule has 1 aliphatic heterocycles. The molecular formula is C9H15NO6. The third-order valence-corrected chi connectivity index (χ3v) is 2.27. The number of aliphatic hydroxyl groups excluding tert-OH is 1. The van der Waals surface area contributed by atoms with Crippen molar-refractivity contribution < 1.29 is 29.3 Å². The Morgan fingerprint density at radius 1 is 1.56 bits per heavy atom. The fourth-order valence-electron chi connectivity index (χ4n) is 1.30. The molecule has 1 amide bonds. The topological polar surface area (TPSA) is 105 Å². The first kappa shape index (κ1) is 12.7. The minimum atomic E-state index is -1.32. The summed E-state index contributed by atoms with van der Waals surface area (Å²) in [5, 5.41) is 20.0. The zero-order valence-electron chi connectivity index (χ0n) is 8.88. The molecule has 0 radical (unpaired) electrons. The SMILES string of the molecule is CC1OC(=O)[C@@H](NC(=O)O)COCCC1O. The number of amides is 1. The van der Waals surface area contributed by atoms with Gasteiger partial charge < -0.3 is 25.0 Å². The van der Waals surface area contributed by atoms with E-state index in [9.17, 15) is 14.7 Å². The number of rotatable bonds is 1. The van der Waals surface area contributed by atoms with E-state index < -0.39 is 30.3 Å². The van der Waals surface area contributed by atoms with Crippen LogP contribution in [0.1, 0.15) is 13.3 Å². The van der Waals surface area contributed by atoms with Gasteiger partial charge in [0.25, 0.3) is 0 Å². The molecule has 1 fully saturated rings. The Bertz CT molecular complexity index is 269. The molecule has 16 heavy (non-hydrogen) atoms. The molecule has 0 aromatic heterocycles. The lowest BCUT2D eigenvalue weighted by atomic mass is 10.2. The first-order chi connectivity index (χ1) is 7.50. The van der Waals surface area contributed by atoms with E-state index in [-0.39, 0.29) is 13.2 Å². The summed E-state index contributed by atoms with van der Waals surface area (Å²) in [6, 6.07) is -1.05. The Morgan fingerprint density at radius 3 is 2.88 bits per heavy atom. The van der Waals surface area contributed by atoms with Crippen molar-refractivity contribution in [1.29, 1.82) is 0 Å². The molecule has 7 nitrogen and oxygen atoms in total. The summed E-state index contributed by atoms with van der Waals surface area (Å²) in [6.45, 7) is 1.70. The van der Waals surface area contributed by atoms with Crippen molar-refractivity contribution in [1.82, 2.24) is 5.32 Å². The second-order valence-corrected chi connectivity index (χ2v) is 3.58. The Morgan fingerprint density at radius 2 is 2.25 bits per heavy atom. The number of ether oxygens (including phenoxy) is 2. The highest BCUT2D eigenvalue weighted by Crippen LogP contribution is 2.08. The highest BCUT2D eigenvalue weighted by molar-refractivity contribution is 5.81. The Kier molecular flexibility index (Phi) is 4.51. The molecule has 0 aromatic carbocycles. The van der Waals surface area contributed by atoms with E-state index in [2.05, 4.69) is 0 Å². The van der Waals surface area contributed by atoms with Crippen LogP contribution in [0.2, 0.25) is 0 Å². The number of hydrogen-bond donors (Lipinski definition) is 3. The molecule has 0 spiro atoms. The number of carbonyl (C=O) groups is 2. The minimum absolute atomic E-state index is 0.0927. The summed E-state index contributed by atoms with van der Waals surface area (Å²) in [5.74, 6) is -0.740. The van der Waals surface area contributed by atoms with Crippen LogP contribution in [0, 0.1) is 0 Å². The molecule has 2 unspecified atom stereocenters. The zero-order chi connectivity index (χ0) is 12.1. The van der Waals surface area contributed by atoms with Crippen LogP contribution in [0.3, 0.4) is 0 Å². The monoisotopic (exact) mass is 233 g/mol. The predicted octanol–water partition coefficient (Wildman–Crippen LogP) is -0.664. The van der Waals surface area contributed by atoms with Crippen LogP contribution in [-0.4, -0.2) is 53.7 Å². The fraction of sp³-hybridized carbons (Fsp3) is 0.778. The van der Waals surface area contributed by atoms with Gasteiger partial charge in [0.15, 0.2) is 6.04 Å². The van der Waals surface area contributed by atoms with E-state index in [1.54, 1.807) is 6.92 Å². The van der Waals surface area contributed by atoms with E-state index in [4.69, 9.17) is 14.6 Å². The van der Waals surface area contributed by atoms with Crippen LogP contribution in [0.25, 0.3) is 0 Å². The number of carboxylic acid groups (broad SMARTS) is 1. The van der Waals surface area contributed by atoms with Gasteiger partial charge in [0.1, 0.15) is 6.10 Å². The van der Waals surface area contributed by atoms with Crippen LogP contribution in [-0.2, 0) is 14.3 Å². The van der Waals surface area contributed by atoms with Crippen molar-refractivity contribution in [2.24, 2.45) is 0 Å². The molecule has 1 rings (SSSR count). The van der Waals surface area contributed by atoms with E-state index in [1.807, 2.05) is 5.32 Å². The highest BCUT2D eigenvalue weighted by atomic mass is 16.6. The molecule has 3 N–H and O–H groups in total. The average molecular weight is 233 g/mol. The molecule has 0 aromatic rings. The summed E-state index contributed by atoms with van der Waals surface area (Å²) in [4.78, 5) is 21.9. The average Bonchev–Trinajstić information content (AvgIpc) is 2.24. The quantitative estimate of drug-likeness (QED) is 0.519. The fourth-order valence-corrected chi connectivity index (χ4v) is 1.30.